The first kappa shape index (κ1) is 9.77. The highest BCUT2D eigenvalue weighted by Gasteiger charge is 2.17. The lowest BCUT2D eigenvalue weighted by atomic mass is 10.1. The zero-order chi connectivity index (χ0) is 10.1. The van der Waals surface area contributed by atoms with Gasteiger partial charge in [0, 0.05) is 23.5 Å². The number of H-pyrrole nitrogens is 1. The first-order chi connectivity index (χ1) is 6.66. The van der Waals surface area contributed by atoms with Crippen LogP contribution in [0.15, 0.2) is 4.79 Å². The molecule has 1 aromatic heterocycles. The molecule has 1 N–H and O–H groups in total. The highest BCUT2D eigenvalue weighted by Crippen LogP contribution is 2.25. The van der Waals surface area contributed by atoms with Gasteiger partial charge in [0.25, 0.3) is 5.56 Å². The Morgan fingerprint density at radius 3 is 3.00 bits per heavy atom. The molecule has 0 aliphatic carbocycles. The molecule has 0 unspecified atom stereocenters. The molecule has 0 saturated heterocycles. The van der Waals surface area contributed by atoms with Gasteiger partial charge in [-0.05, 0) is 5.92 Å². The summed E-state index contributed by atoms with van der Waals surface area (Å²) in [6.45, 7) is 4.25. The van der Waals surface area contributed by atoms with Crippen LogP contribution in [0.5, 0.6) is 0 Å². The van der Waals surface area contributed by atoms with Crippen LogP contribution in [-0.2, 0) is 17.9 Å². The number of fused-ring (bicyclic) bond motifs is 1. The Hall–Kier alpha value is -0.770. The number of aromatic nitrogens is 2. The number of rotatable bonds is 2. The fourth-order valence-electron chi connectivity index (χ4n) is 1.60. The van der Waals surface area contributed by atoms with E-state index >= 15 is 0 Å². The summed E-state index contributed by atoms with van der Waals surface area (Å²) in [7, 11) is 0. The molecule has 1 aliphatic heterocycles. The van der Waals surface area contributed by atoms with Crippen LogP contribution in [-0.4, -0.2) is 9.97 Å². The van der Waals surface area contributed by atoms with E-state index in [1.54, 1.807) is 11.8 Å². The highest BCUT2D eigenvalue weighted by atomic mass is 32.2. The Kier molecular flexibility index (Phi) is 2.63. The zero-order valence-corrected chi connectivity index (χ0v) is 9.28. The maximum Gasteiger partial charge on any atom is 0.255 e. The number of hydrogen-bond donors (Lipinski definition) is 1. The van der Waals surface area contributed by atoms with Gasteiger partial charge in [0.1, 0.15) is 5.82 Å². The molecule has 0 fully saturated rings. The van der Waals surface area contributed by atoms with Crippen molar-refractivity contribution in [2.75, 3.05) is 0 Å². The van der Waals surface area contributed by atoms with Crippen molar-refractivity contribution < 1.29 is 0 Å². The second-order valence-corrected chi connectivity index (χ2v) is 5.01. The minimum atomic E-state index is 0.0654. The summed E-state index contributed by atoms with van der Waals surface area (Å²) < 4.78 is 0. The van der Waals surface area contributed by atoms with Crippen molar-refractivity contribution in [3.05, 3.63) is 27.4 Å². The predicted octanol–water partition coefficient (Wildman–Crippen LogP) is 1.72. The van der Waals surface area contributed by atoms with Gasteiger partial charge in [-0.2, -0.15) is 11.8 Å². The van der Waals surface area contributed by atoms with Gasteiger partial charge in [-0.25, -0.2) is 4.98 Å². The van der Waals surface area contributed by atoms with Gasteiger partial charge in [0.2, 0.25) is 0 Å². The SMILES string of the molecule is CC(C)Cc1nc2c(c(=O)[nH]1)CSC2. The number of nitrogens with one attached hydrogen (secondary N) is 1. The van der Waals surface area contributed by atoms with Crippen LogP contribution in [0.2, 0.25) is 0 Å². The monoisotopic (exact) mass is 210 g/mol. The Balaban J connectivity index is 2.37. The lowest BCUT2D eigenvalue weighted by Gasteiger charge is -2.05. The molecular weight excluding hydrogens is 196 g/mol. The number of thioether (sulfide) groups is 1. The van der Waals surface area contributed by atoms with Crippen molar-refractivity contribution in [1.29, 1.82) is 0 Å². The van der Waals surface area contributed by atoms with E-state index in [1.165, 1.54) is 0 Å². The van der Waals surface area contributed by atoms with Crippen molar-refractivity contribution in [1.82, 2.24) is 9.97 Å². The molecule has 1 aromatic rings. The van der Waals surface area contributed by atoms with E-state index in [-0.39, 0.29) is 5.56 Å². The zero-order valence-electron chi connectivity index (χ0n) is 8.46. The summed E-state index contributed by atoms with van der Waals surface area (Å²) >= 11 is 1.76. The second kappa shape index (κ2) is 3.77. The molecule has 4 heteroatoms. The van der Waals surface area contributed by atoms with Crippen molar-refractivity contribution >= 4 is 11.8 Å². The van der Waals surface area contributed by atoms with Gasteiger partial charge in [0.05, 0.1) is 5.69 Å². The van der Waals surface area contributed by atoms with Crippen molar-refractivity contribution in [3.8, 4) is 0 Å². The van der Waals surface area contributed by atoms with Crippen LogP contribution in [0.4, 0.5) is 0 Å². The summed E-state index contributed by atoms with van der Waals surface area (Å²) in [5, 5.41) is 0. The van der Waals surface area contributed by atoms with E-state index in [0.717, 1.165) is 35.0 Å². The fraction of sp³-hybridized carbons (Fsp3) is 0.600. The average molecular weight is 210 g/mol. The molecule has 14 heavy (non-hydrogen) atoms. The van der Waals surface area contributed by atoms with Gasteiger partial charge in [-0.3, -0.25) is 4.79 Å². The second-order valence-electron chi connectivity index (χ2n) is 4.03. The number of nitrogens with zero attached hydrogens (tertiary/aromatic N) is 1. The van der Waals surface area contributed by atoms with Crippen molar-refractivity contribution in [2.45, 2.75) is 31.8 Å². The van der Waals surface area contributed by atoms with Crippen LogP contribution in [0.3, 0.4) is 0 Å². The minimum Gasteiger partial charge on any atom is -0.310 e. The van der Waals surface area contributed by atoms with Crippen molar-refractivity contribution in [2.24, 2.45) is 5.92 Å². The maximum absolute atomic E-state index is 11.6. The molecule has 3 nitrogen and oxygen atoms in total. The van der Waals surface area contributed by atoms with Crippen LogP contribution in [0.1, 0.15) is 30.9 Å². The quantitative estimate of drug-likeness (QED) is 0.808. The maximum atomic E-state index is 11.6. The third kappa shape index (κ3) is 1.85. The van der Waals surface area contributed by atoms with E-state index in [4.69, 9.17) is 0 Å². The molecule has 0 atom stereocenters. The van der Waals surface area contributed by atoms with E-state index in [0.29, 0.717) is 5.92 Å². The van der Waals surface area contributed by atoms with Crippen LogP contribution < -0.4 is 5.56 Å². The lowest BCUT2D eigenvalue weighted by Crippen LogP contribution is -2.18. The molecule has 0 radical (unpaired) electrons. The third-order valence-electron chi connectivity index (χ3n) is 2.24. The Labute approximate surface area is 87.3 Å². The Bertz CT molecular complexity index is 398. The predicted molar refractivity (Wildman–Crippen MR) is 58.4 cm³/mol. The van der Waals surface area contributed by atoms with Crippen LogP contribution >= 0.6 is 11.8 Å². The first-order valence-electron chi connectivity index (χ1n) is 4.85. The molecule has 0 saturated carbocycles. The average Bonchev–Trinajstić information content (AvgIpc) is 2.50. The van der Waals surface area contributed by atoms with E-state index in [1.807, 2.05) is 0 Å². The molecule has 0 amide bonds. The molecule has 76 valence electrons. The van der Waals surface area contributed by atoms with Crippen LogP contribution in [0.25, 0.3) is 0 Å². The summed E-state index contributed by atoms with van der Waals surface area (Å²) in [6.07, 6.45) is 0.854. The van der Waals surface area contributed by atoms with Crippen molar-refractivity contribution in [3.63, 3.8) is 0 Å². The summed E-state index contributed by atoms with van der Waals surface area (Å²) in [5.74, 6) is 3.08. The molecule has 0 aromatic carbocycles. The molecule has 0 bridgehead atoms. The summed E-state index contributed by atoms with van der Waals surface area (Å²) in [6, 6.07) is 0. The topological polar surface area (TPSA) is 45.8 Å². The van der Waals surface area contributed by atoms with E-state index < -0.39 is 0 Å². The van der Waals surface area contributed by atoms with Gasteiger partial charge in [-0.15, -0.1) is 0 Å². The number of hydrogen-bond acceptors (Lipinski definition) is 3. The standard InChI is InChI=1S/C10H14N2OS/c1-6(2)3-9-11-8-5-14-4-7(8)10(13)12-9/h6H,3-5H2,1-2H3,(H,11,12,13). The van der Waals surface area contributed by atoms with E-state index in [9.17, 15) is 4.79 Å². The molecule has 0 spiro atoms. The Morgan fingerprint density at radius 2 is 2.29 bits per heavy atom. The summed E-state index contributed by atoms with van der Waals surface area (Å²) in [5.41, 5.74) is 1.94. The largest absolute Gasteiger partial charge is 0.310 e. The van der Waals surface area contributed by atoms with E-state index in [2.05, 4.69) is 23.8 Å². The minimum absolute atomic E-state index is 0.0654. The third-order valence-corrected chi connectivity index (χ3v) is 3.21. The smallest absolute Gasteiger partial charge is 0.255 e. The summed E-state index contributed by atoms with van der Waals surface area (Å²) in [4.78, 5) is 18.9. The first-order valence-corrected chi connectivity index (χ1v) is 6.01. The molecule has 1 aliphatic rings. The van der Waals surface area contributed by atoms with Gasteiger partial charge in [-0.1, -0.05) is 13.8 Å². The number of aromatic amines is 1. The lowest BCUT2D eigenvalue weighted by molar-refractivity contribution is 0.616. The van der Waals surface area contributed by atoms with Gasteiger partial charge < -0.3 is 4.98 Å². The highest BCUT2D eigenvalue weighted by molar-refractivity contribution is 7.98. The van der Waals surface area contributed by atoms with Gasteiger partial charge in [0.15, 0.2) is 0 Å². The fourth-order valence-corrected chi connectivity index (χ4v) is 2.63. The molecule has 2 heterocycles. The molecular formula is C10H14N2OS. The van der Waals surface area contributed by atoms with Gasteiger partial charge >= 0.3 is 0 Å². The normalized spacial score (nSPS) is 14.8. The molecule has 2 rings (SSSR count). The Morgan fingerprint density at radius 1 is 1.50 bits per heavy atom. The van der Waals surface area contributed by atoms with Crippen LogP contribution in [0, 0.1) is 5.92 Å².